The number of para-hydroxylation sites is 1. The van der Waals surface area contributed by atoms with Gasteiger partial charge in [-0.2, -0.15) is 0 Å². The highest BCUT2D eigenvalue weighted by Gasteiger charge is 2.11. The van der Waals surface area contributed by atoms with Crippen LogP contribution in [0.5, 0.6) is 0 Å². The fourth-order valence-corrected chi connectivity index (χ4v) is 4.66. The number of hydrogen-bond donors (Lipinski definition) is 1. The summed E-state index contributed by atoms with van der Waals surface area (Å²) in [5, 5.41) is 4.88. The second-order valence-corrected chi connectivity index (χ2v) is 8.00. The average Bonchev–Trinajstić information content (AvgIpc) is 3.15. The van der Waals surface area contributed by atoms with Gasteiger partial charge in [-0.15, -0.1) is 23.1 Å². The Kier molecular flexibility index (Phi) is 5.46. The lowest BCUT2D eigenvalue weighted by atomic mass is 10.2. The van der Waals surface area contributed by atoms with Crippen LogP contribution < -0.4 is 5.32 Å². The van der Waals surface area contributed by atoms with Gasteiger partial charge in [0.15, 0.2) is 0 Å². The molecule has 0 aliphatic rings. The summed E-state index contributed by atoms with van der Waals surface area (Å²) in [5.41, 5.74) is 2.00. The van der Waals surface area contributed by atoms with Crippen molar-refractivity contribution in [3.8, 4) is 10.4 Å². The van der Waals surface area contributed by atoms with E-state index in [0.717, 1.165) is 20.9 Å². The molecule has 0 fully saturated rings. The Hall–Kier alpha value is -2.70. The van der Waals surface area contributed by atoms with Gasteiger partial charge in [0.25, 0.3) is 0 Å². The first kappa shape index (κ1) is 17.7. The number of nitrogens with one attached hydrogen (secondary N) is 1. The monoisotopic (exact) mass is 391 g/mol. The molecule has 4 rings (SSSR count). The summed E-state index contributed by atoms with van der Waals surface area (Å²) in [4.78, 5) is 23.1. The van der Waals surface area contributed by atoms with Crippen molar-refractivity contribution in [1.82, 2.24) is 9.97 Å². The van der Waals surface area contributed by atoms with Crippen LogP contribution in [0, 0.1) is 0 Å². The lowest BCUT2D eigenvalue weighted by Gasteiger charge is -2.05. The molecule has 6 heteroatoms. The predicted molar refractivity (Wildman–Crippen MR) is 113 cm³/mol. The average molecular weight is 392 g/mol. The van der Waals surface area contributed by atoms with Gasteiger partial charge >= 0.3 is 0 Å². The summed E-state index contributed by atoms with van der Waals surface area (Å²) >= 11 is 3.25. The SMILES string of the molecule is O=C(CCSc1ncnc2sc(-c3ccccc3)cc12)Nc1ccccc1. The van der Waals surface area contributed by atoms with Crippen LogP contribution in [-0.2, 0) is 4.79 Å². The molecule has 1 amide bonds. The number of fused-ring (bicyclic) bond motifs is 1. The van der Waals surface area contributed by atoms with Gasteiger partial charge in [-0.1, -0.05) is 48.5 Å². The molecule has 0 radical (unpaired) electrons. The molecule has 2 heterocycles. The minimum atomic E-state index is 0.00860. The van der Waals surface area contributed by atoms with Crippen molar-refractivity contribution < 1.29 is 4.79 Å². The van der Waals surface area contributed by atoms with Gasteiger partial charge in [-0.05, 0) is 23.8 Å². The molecule has 1 N–H and O–H groups in total. The maximum absolute atomic E-state index is 12.1. The number of rotatable bonds is 6. The number of aromatic nitrogens is 2. The van der Waals surface area contributed by atoms with Crippen LogP contribution in [0.25, 0.3) is 20.7 Å². The van der Waals surface area contributed by atoms with E-state index in [4.69, 9.17) is 0 Å². The fraction of sp³-hybridized carbons (Fsp3) is 0.0952. The highest BCUT2D eigenvalue weighted by atomic mass is 32.2. The molecule has 0 aliphatic heterocycles. The van der Waals surface area contributed by atoms with E-state index >= 15 is 0 Å². The summed E-state index contributed by atoms with van der Waals surface area (Å²) < 4.78 is 0. The molecule has 0 atom stereocenters. The van der Waals surface area contributed by atoms with E-state index in [1.165, 1.54) is 10.4 Å². The molecule has 134 valence electrons. The number of carbonyl (C=O) groups excluding carboxylic acids is 1. The van der Waals surface area contributed by atoms with Crippen molar-refractivity contribution in [3.05, 3.63) is 73.1 Å². The van der Waals surface area contributed by atoms with E-state index in [0.29, 0.717) is 12.2 Å². The smallest absolute Gasteiger partial charge is 0.225 e. The maximum atomic E-state index is 12.1. The van der Waals surface area contributed by atoms with E-state index < -0.39 is 0 Å². The molecule has 2 aromatic heterocycles. The van der Waals surface area contributed by atoms with Gasteiger partial charge in [0.2, 0.25) is 5.91 Å². The second kappa shape index (κ2) is 8.33. The highest BCUT2D eigenvalue weighted by molar-refractivity contribution is 7.99. The van der Waals surface area contributed by atoms with E-state index in [9.17, 15) is 4.79 Å². The molecule has 0 saturated heterocycles. The van der Waals surface area contributed by atoms with Gasteiger partial charge in [0.1, 0.15) is 16.2 Å². The van der Waals surface area contributed by atoms with Crippen LogP contribution in [-0.4, -0.2) is 21.6 Å². The zero-order chi connectivity index (χ0) is 18.5. The number of anilines is 1. The molecule has 4 aromatic rings. The van der Waals surface area contributed by atoms with Gasteiger partial charge in [-0.25, -0.2) is 9.97 Å². The summed E-state index contributed by atoms with van der Waals surface area (Å²) in [6.45, 7) is 0. The lowest BCUT2D eigenvalue weighted by molar-refractivity contribution is -0.115. The van der Waals surface area contributed by atoms with Crippen molar-refractivity contribution in [2.24, 2.45) is 0 Å². The van der Waals surface area contributed by atoms with Crippen molar-refractivity contribution in [2.75, 3.05) is 11.1 Å². The van der Waals surface area contributed by atoms with Crippen LogP contribution in [0.3, 0.4) is 0 Å². The molecular weight excluding hydrogens is 374 g/mol. The molecular formula is C21H17N3OS2. The number of amides is 1. The number of thiophene rings is 1. The Bertz CT molecular complexity index is 1050. The van der Waals surface area contributed by atoms with Gasteiger partial charge in [0.05, 0.1) is 0 Å². The molecule has 0 bridgehead atoms. The van der Waals surface area contributed by atoms with Crippen LogP contribution in [0.4, 0.5) is 5.69 Å². The molecule has 0 aliphatic carbocycles. The lowest BCUT2D eigenvalue weighted by Crippen LogP contribution is -2.11. The standard InChI is InChI=1S/C21H17N3OS2/c25-19(24-16-9-5-2-6-10-16)11-12-26-20-17-13-18(15-7-3-1-4-8-15)27-21(17)23-14-22-20/h1-10,13-14H,11-12H2,(H,24,25). The van der Waals surface area contributed by atoms with E-state index in [1.54, 1.807) is 29.4 Å². The van der Waals surface area contributed by atoms with Crippen LogP contribution >= 0.6 is 23.1 Å². The first-order valence-electron chi connectivity index (χ1n) is 8.57. The molecule has 27 heavy (non-hydrogen) atoms. The molecule has 2 aromatic carbocycles. The van der Waals surface area contributed by atoms with E-state index in [-0.39, 0.29) is 5.91 Å². The van der Waals surface area contributed by atoms with Gasteiger partial charge in [-0.3, -0.25) is 4.79 Å². The Morgan fingerprint density at radius 1 is 1.00 bits per heavy atom. The summed E-state index contributed by atoms with van der Waals surface area (Å²) in [6.07, 6.45) is 2.03. The Morgan fingerprint density at radius 3 is 2.52 bits per heavy atom. The van der Waals surface area contributed by atoms with Gasteiger partial charge in [0, 0.05) is 28.1 Å². The van der Waals surface area contributed by atoms with Crippen molar-refractivity contribution in [2.45, 2.75) is 11.4 Å². The summed E-state index contributed by atoms with van der Waals surface area (Å²) in [6, 6.07) is 21.9. The summed E-state index contributed by atoms with van der Waals surface area (Å²) in [5.74, 6) is 0.677. The zero-order valence-electron chi connectivity index (χ0n) is 14.5. The zero-order valence-corrected chi connectivity index (χ0v) is 16.1. The number of hydrogen-bond acceptors (Lipinski definition) is 5. The largest absolute Gasteiger partial charge is 0.326 e. The normalized spacial score (nSPS) is 10.8. The number of thioether (sulfide) groups is 1. The quantitative estimate of drug-likeness (QED) is 0.349. The Balaban J connectivity index is 1.43. The van der Waals surface area contributed by atoms with Crippen molar-refractivity contribution in [3.63, 3.8) is 0 Å². The van der Waals surface area contributed by atoms with E-state index in [1.807, 2.05) is 48.5 Å². The molecule has 4 nitrogen and oxygen atoms in total. The minimum absolute atomic E-state index is 0.00860. The maximum Gasteiger partial charge on any atom is 0.225 e. The minimum Gasteiger partial charge on any atom is -0.326 e. The second-order valence-electron chi connectivity index (χ2n) is 5.89. The molecule has 0 spiro atoms. The van der Waals surface area contributed by atoms with Crippen LogP contribution in [0.15, 0.2) is 78.1 Å². The van der Waals surface area contributed by atoms with E-state index in [2.05, 4.69) is 33.5 Å². The number of nitrogens with zero attached hydrogens (tertiary/aromatic N) is 2. The first-order chi connectivity index (χ1) is 13.3. The van der Waals surface area contributed by atoms with Gasteiger partial charge < -0.3 is 5.32 Å². The Morgan fingerprint density at radius 2 is 1.74 bits per heavy atom. The predicted octanol–water partition coefficient (Wildman–Crippen LogP) is 5.48. The highest BCUT2D eigenvalue weighted by Crippen LogP contribution is 2.36. The Labute approximate surface area is 165 Å². The number of carbonyl (C=O) groups is 1. The number of benzene rings is 2. The third-order valence-electron chi connectivity index (χ3n) is 3.98. The molecule has 0 saturated carbocycles. The fourth-order valence-electron chi connectivity index (χ4n) is 2.68. The topological polar surface area (TPSA) is 54.9 Å². The third-order valence-corrected chi connectivity index (χ3v) is 6.08. The summed E-state index contributed by atoms with van der Waals surface area (Å²) in [7, 11) is 0. The van der Waals surface area contributed by atoms with Crippen molar-refractivity contribution >= 4 is 44.9 Å². The van der Waals surface area contributed by atoms with Crippen LogP contribution in [0.2, 0.25) is 0 Å². The third kappa shape index (κ3) is 4.35. The van der Waals surface area contributed by atoms with Crippen molar-refractivity contribution in [1.29, 1.82) is 0 Å². The first-order valence-corrected chi connectivity index (χ1v) is 10.4. The molecule has 0 unspecified atom stereocenters. The van der Waals surface area contributed by atoms with Crippen LogP contribution in [0.1, 0.15) is 6.42 Å².